The zero-order chi connectivity index (χ0) is 20.5. The number of carbonyl (C=O) groups excluding carboxylic acids is 1. The molecule has 0 fully saturated rings. The topological polar surface area (TPSA) is 115 Å². The molecule has 2 rings (SSSR count). The molecular weight excluding hydrogens is 395 g/mol. The van der Waals surface area contributed by atoms with Gasteiger partial charge in [0.05, 0.1) is 31.7 Å². The monoisotopic (exact) mass is 403 g/mol. The summed E-state index contributed by atoms with van der Waals surface area (Å²) >= 11 is 5.77. The van der Waals surface area contributed by atoms with Crippen molar-refractivity contribution in [2.75, 3.05) is 5.32 Å². The van der Waals surface area contributed by atoms with Crippen LogP contribution in [-0.2, 0) is 6.18 Å². The molecule has 0 atom stereocenters. The molecule has 0 saturated carbocycles. The van der Waals surface area contributed by atoms with Crippen molar-refractivity contribution < 1.29 is 27.8 Å². The first-order chi connectivity index (χ1) is 12.4. The molecule has 1 amide bonds. The third-order valence-corrected chi connectivity index (χ3v) is 3.88. The molecule has 0 bridgehead atoms. The number of nitro groups is 2. The maximum Gasteiger partial charge on any atom is 0.416 e. The van der Waals surface area contributed by atoms with E-state index in [9.17, 15) is 38.2 Å². The van der Waals surface area contributed by atoms with E-state index in [1.165, 1.54) is 0 Å². The Bertz CT molecular complexity index is 927. The number of alkyl halides is 3. The number of hydrogen-bond donors (Lipinski definition) is 1. The first-order valence-electron chi connectivity index (χ1n) is 7.03. The number of nitrogens with one attached hydrogen (secondary N) is 1. The summed E-state index contributed by atoms with van der Waals surface area (Å²) in [5, 5.41) is 23.9. The van der Waals surface area contributed by atoms with Crippen LogP contribution in [0.15, 0.2) is 30.3 Å². The number of halogens is 4. The zero-order valence-corrected chi connectivity index (χ0v) is 14.1. The molecule has 0 radical (unpaired) electrons. The van der Waals surface area contributed by atoms with E-state index in [0.717, 1.165) is 25.1 Å². The van der Waals surface area contributed by atoms with Gasteiger partial charge < -0.3 is 5.32 Å². The number of hydrogen-bond acceptors (Lipinski definition) is 5. The van der Waals surface area contributed by atoms with Crippen molar-refractivity contribution in [2.24, 2.45) is 0 Å². The van der Waals surface area contributed by atoms with Gasteiger partial charge in [0, 0.05) is 12.1 Å². The molecule has 12 heteroatoms. The molecule has 0 heterocycles. The van der Waals surface area contributed by atoms with Crippen LogP contribution in [0.3, 0.4) is 0 Å². The second-order valence-electron chi connectivity index (χ2n) is 5.30. The van der Waals surface area contributed by atoms with E-state index < -0.39 is 50.1 Å². The summed E-state index contributed by atoms with van der Waals surface area (Å²) in [5.74, 6) is -1.09. The maximum atomic E-state index is 12.8. The fourth-order valence-corrected chi connectivity index (χ4v) is 2.35. The number of nitro benzene ring substituents is 2. The molecule has 0 saturated heterocycles. The third-order valence-electron chi connectivity index (χ3n) is 3.55. The normalized spacial score (nSPS) is 11.1. The van der Waals surface area contributed by atoms with Crippen molar-refractivity contribution in [3.8, 4) is 0 Å². The van der Waals surface area contributed by atoms with Gasteiger partial charge in [-0.2, -0.15) is 13.2 Å². The predicted molar refractivity (Wildman–Crippen MR) is 88.9 cm³/mol. The highest BCUT2D eigenvalue weighted by Gasteiger charge is 2.31. The fraction of sp³-hybridized carbons (Fsp3) is 0.133. The number of amides is 1. The molecule has 0 aliphatic rings. The molecule has 0 aromatic heterocycles. The van der Waals surface area contributed by atoms with Crippen molar-refractivity contribution in [3.63, 3.8) is 0 Å². The fourth-order valence-electron chi connectivity index (χ4n) is 2.19. The van der Waals surface area contributed by atoms with Crippen LogP contribution in [0.4, 0.5) is 30.2 Å². The number of carbonyl (C=O) groups is 1. The third kappa shape index (κ3) is 4.31. The van der Waals surface area contributed by atoms with Gasteiger partial charge in [-0.15, -0.1) is 0 Å². The summed E-state index contributed by atoms with van der Waals surface area (Å²) in [5.41, 5.74) is -3.58. The van der Waals surface area contributed by atoms with Gasteiger partial charge in [0.15, 0.2) is 0 Å². The number of benzene rings is 2. The van der Waals surface area contributed by atoms with Crippen LogP contribution in [0.5, 0.6) is 0 Å². The van der Waals surface area contributed by atoms with E-state index in [-0.39, 0.29) is 10.6 Å². The van der Waals surface area contributed by atoms with Crippen LogP contribution < -0.4 is 5.32 Å². The minimum absolute atomic E-state index is 0.215. The minimum Gasteiger partial charge on any atom is -0.321 e. The summed E-state index contributed by atoms with van der Waals surface area (Å²) in [6.07, 6.45) is -4.69. The van der Waals surface area contributed by atoms with E-state index in [4.69, 9.17) is 11.6 Å². The smallest absolute Gasteiger partial charge is 0.321 e. The lowest BCUT2D eigenvalue weighted by atomic mass is 10.1. The molecule has 0 unspecified atom stereocenters. The highest BCUT2D eigenvalue weighted by Crippen LogP contribution is 2.34. The highest BCUT2D eigenvalue weighted by atomic mass is 35.5. The average Bonchev–Trinajstić information content (AvgIpc) is 2.55. The van der Waals surface area contributed by atoms with Gasteiger partial charge >= 0.3 is 6.18 Å². The molecule has 27 heavy (non-hydrogen) atoms. The van der Waals surface area contributed by atoms with Crippen molar-refractivity contribution in [1.29, 1.82) is 0 Å². The minimum atomic E-state index is -4.69. The van der Waals surface area contributed by atoms with Gasteiger partial charge in [0.2, 0.25) is 0 Å². The zero-order valence-electron chi connectivity index (χ0n) is 13.3. The lowest BCUT2D eigenvalue weighted by Crippen LogP contribution is -2.14. The quantitative estimate of drug-likeness (QED) is 0.585. The molecule has 0 aliphatic carbocycles. The van der Waals surface area contributed by atoms with Crippen LogP contribution in [0.2, 0.25) is 5.02 Å². The molecule has 8 nitrogen and oxygen atoms in total. The van der Waals surface area contributed by atoms with E-state index in [1.54, 1.807) is 0 Å². The van der Waals surface area contributed by atoms with Gasteiger partial charge in [-0.1, -0.05) is 11.6 Å². The Morgan fingerprint density at radius 1 is 1.07 bits per heavy atom. The lowest BCUT2D eigenvalue weighted by Gasteiger charge is -2.12. The molecular formula is C15H9ClF3N3O5. The second-order valence-corrected chi connectivity index (χ2v) is 5.71. The molecule has 2 aromatic rings. The molecule has 1 N–H and O–H groups in total. The van der Waals surface area contributed by atoms with Gasteiger partial charge in [0.25, 0.3) is 17.3 Å². The first-order valence-corrected chi connectivity index (χ1v) is 7.41. The van der Waals surface area contributed by atoms with Crippen LogP contribution >= 0.6 is 11.6 Å². The Balaban J connectivity index is 2.48. The SMILES string of the molecule is Cc1c([N+](=O)[O-])cc(C(=O)Nc2cc(C(F)(F)F)ccc2Cl)cc1[N+](=O)[O-]. The summed E-state index contributed by atoms with van der Waals surface area (Å²) < 4.78 is 38.3. The van der Waals surface area contributed by atoms with Gasteiger partial charge in [0.1, 0.15) is 5.56 Å². The van der Waals surface area contributed by atoms with Crippen molar-refractivity contribution in [3.05, 3.63) is 72.3 Å². The highest BCUT2D eigenvalue weighted by molar-refractivity contribution is 6.34. The molecule has 0 spiro atoms. The molecule has 2 aromatic carbocycles. The van der Waals surface area contributed by atoms with E-state index in [0.29, 0.717) is 12.1 Å². The number of nitrogens with zero attached hydrogens (tertiary/aromatic N) is 2. The standard InChI is InChI=1S/C15H9ClF3N3O5/c1-7-12(21(24)25)4-8(5-13(7)22(26)27)14(23)20-11-6-9(15(17,18)19)2-3-10(11)16/h2-6H,1H3,(H,20,23). The van der Waals surface area contributed by atoms with E-state index >= 15 is 0 Å². The second kappa shape index (κ2) is 7.19. The van der Waals surface area contributed by atoms with Gasteiger partial charge in [-0.3, -0.25) is 25.0 Å². The first kappa shape index (κ1) is 20.1. The van der Waals surface area contributed by atoms with Crippen molar-refractivity contribution >= 4 is 34.6 Å². The number of anilines is 1. The van der Waals surface area contributed by atoms with E-state index in [1.807, 2.05) is 0 Å². The van der Waals surface area contributed by atoms with Crippen molar-refractivity contribution in [1.82, 2.24) is 0 Å². The average molecular weight is 404 g/mol. The Hall–Kier alpha value is -3.21. The summed E-state index contributed by atoms with van der Waals surface area (Å²) in [6, 6.07) is 3.79. The van der Waals surface area contributed by atoms with Crippen LogP contribution in [-0.4, -0.2) is 15.8 Å². The predicted octanol–water partition coefficient (Wildman–Crippen LogP) is 4.74. The Morgan fingerprint density at radius 2 is 1.59 bits per heavy atom. The lowest BCUT2D eigenvalue weighted by molar-refractivity contribution is -0.395. The number of rotatable bonds is 4. The summed E-state index contributed by atoms with van der Waals surface area (Å²) in [4.78, 5) is 32.6. The van der Waals surface area contributed by atoms with Crippen LogP contribution in [0.1, 0.15) is 21.5 Å². The molecule has 0 aliphatic heterocycles. The van der Waals surface area contributed by atoms with Crippen LogP contribution in [0, 0.1) is 27.2 Å². The largest absolute Gasteiger partial charge is 0.416 e. The Kier molecular flexibility index (Phi) is 5.36. The Morgan fingerprint density at radius 3 is 2.04 bits per heavy atom. The summed E-state index contributed by atoms with van der Waals surface area (Å²) in [6.45, 7) is 1.14. The van der Waals surface area contributed by atoms with Crippen molar-refractivity contribution in [2.45, 2.75) is 13.1 Å². The van der Waals surface area contributed by atoms with Crippen LogP contribution in [0.25, 0.3) is 0 Å². The molecule has 142 valence electrons. The van der Waals surface area contributed by atoms with Gasteiger partial charge in [-0.05, 0) is 25.1 Å². The van der Waals surface area contributed by atoms with E-state index in [2.05, 4.69) is 5.32 Å². The summed E-state index contributed by atoms with van der Waals surface area (Å²) in [7, 11) is 0. The van der Waals surface area contributed by atoms with Gasteiger partial charge in [-0.25, -0.2) is 0 Å². The Labute approximate surface area is 153 Å². The maximum absolute atomic E-state index is 12.8.